The summed E-state index contributed by atoms with van der Waals surface area (Å²) < 4.78 is 5.96. The minimum absolute atomic E-state index is 0.153. The van der Waals surface area contributed by atoms with E-state index in [0.717, 1.165) is 65.6 Å². The number of carbonyl (C=O) groups excluding carboxylic acids is 1. The van der Waals surface area contributed by atoms with Crippen LogP contribution in [0, 0.1) is 6.92 Å². The third-order valence-corrected chi connectivity index (χ3v) is 7.93. The summed E-state index contributed by atoms with van der Waals surface area (Å²) in [4.78, 5) is 28.8. The fourth-order valence-electron chi connectivity index (χ4n) is 5.10. The molecule has 2 aromatic heterocycles. The van der Waals surface area contributed by atoms with Crippen LogP contribution in [0.15, 0.2) is 36.7 Å². The molecule has 6 rings (SSSR count). The lowest BCUT2D eigenvalue weighted by atomic mass is 9.85. The highest BCUT2D eigenvalue weighted by molar-refractivity contribution is 7.15. The number of nitrogens with zero attached hydrogens (tertiary/aromatic N) is 4. The van der Waals surface area contributed by atoms with Gasteiger partial charge in [0.05, 0.1) is 11.3 Å². The number of ether oxygens (including phenoxy) is 1. The standard InChI is InChI=1S/C24H26N6O2S/c1-15-9-16(19-14-27-22(33-19)24-5-2-8-30(24)21(31)12-24)11-17(10-15)28-23-26-7-4-20(29-23)32-18-3-6-25-13-18/h4,7,9-11,14,18,25H,2-3,5-6,8,12-13H2,1H3,(H,26,28,29)/t18-,24?/m1/s1. The summed E-state index contributed by atoms with van der Waals surface area (Å²) in [6, 6.07) is 8.12. The van der Waals surface area contributed by atoms with Crippen molar-refractivity contribution in [2.75, 3.05) is 25.0 Å². The Morgan fingerprint density at radius 2 is 2.24 bits per heavy atom. The molecule has 3 aromatic rings. The highest BCUT2D eigenvalue weighted by Gasteiger charge is 2.56. The molecule has 3 aliphatic rings. The molecule has 8 nitrogen and oxygen atoms in total. The molecule has 1 amide bonds. The molecule has 3 saturated heterocycles. The largest absolute Gasteiger partial charge is 0.473 e. The smallest absolute Gasteiger partial charge is 0.230 e. The zero-order valence-corrected chi connectivity index (χ0v) is 19.3. The van der Waals surface area contributed by atoms with Gasteiger partial charge in [0.15, 0.2) is 0 Å². The van der Waals surface area contributed by atoms with Crippen LogP contribution in [0.4, 0.5) is 11.6 Å². The van der Waals surface area contributed by atoms with Gasteiger partial charge in [0.1, 0.15) is 16.7 Å². The molecule has 3 fully saturated rings. The van der Waals surface area contributed by atoms with E-state index in [1.807, 2.05) is 11.1 Å². The van der Waals surface area contributed by atoms with Gasteiger partial charge in [-0.3, -0.25) is 4.79 Å². The van der Waals surface area contributed by atoms with Crippen LogP contribution in [0.5, 0.6) is 5.88 Å². The van der Waals surface area contributed by atoms with E-state index >= 15 is 0 Å². The Morgan fingerprint density at radius 3 is 3.09 bits per heavy atom. The molecule has 0 radical (unpaired) electrons. The number of fused-ring (bicyclic) bond motifs is 1. The quantitative estimate of drug-likeness (QED) is 0.541. The van der Waals surface area contributed by atoms with Crippen molar-refractivity contribution in [3.63, 3.8) is 0 Å². The van der Waals surface area contributed by atoms with Crippen molar-refractivity contribution in [3.8, 4) is 16.3 Å². The molecular formula is C24H26N6O2S. The molecule has 1 aromatic carbocycles. The fourth-order valence-corrected chi connectivity index (χ4v) is 6.22. The lowest BCUT2D eigenvalue weighted by Gasteiger charge is -2.45. The monoisotopic (exact) mass is 462 g/mol. The van der Waals surface area contributed by atoms with Gasteiger partial charge in [-0.25, -0.2) is 9.97 Å². The summed E-state index contributed by atoms with van der Waals surface area (Å²) >= 11 is 1.69. The summed E-state index contributed by atoms with van der Waals surface area (Å²) in [7, 11) is 0. The SMILES string of the molecule is Cc1cc(Nc2nccc(O[C@@H]3CCNC3)n2)cc(-c2cnc(C34CCCN3C(=O)C4)s2)c1. The lowest BCUT2D eigenvalue weighted by Crippen LogP contribution is -2.57. The normalized spacial score (nSPS) is 24.0. The van der Waals surface area contributed by atoms with Crippen LogP contribution >= 0.6 is 11.3 Å². The van der Waals surface area contributed by atoms with E-state index < -0.39 is 0 Å². The van der Waals surface area contributed by atoms with E-state index in [1.165, 1.54) is 0 Å². The molecule has 2 atom stereocenters. The van der Waals surface area contributed by atoms with Crippen LogP contribution in [0.2, 0.25) is 0 Å². The van der Waals surface area contributed by atoms with Crippen molar-refractivity contribution >= 4 is 28.9 Å². The Labute approximate surface area is 196 Å². The number of amides is 1. The highest BCUT2D eigenvalue weighted by Crippen LogP contribution is 2.51. The van der Waals surface area contributed by atoms with Gasteiger partial charge in [-0.15, -0.1) is 11.3 Å². The van der Waals surface area contributed by atoms with E-state index in [0.29, 0.717) is 18.2 Å². The molecule has 3 aliphatic heterocycles. The molecule has 170 valence electrons. The first-order chi connectivity index (χ1) is 16.1. The van der Waals surface area contributed by atoms with Crippen LogP contribution in [-0.4, -0.2) is 51.5 Å². The van der Waals surface area contributed by atoms with Crippen molar-refractivity contribution in [3.05, 3.63) is 47.2 Å². The number of hydrogen-bond acceptors (Lipinski definition) is 8. The number of aromatic nitrogens is 3. The number of aryl methyl sites for hydroxylation is 1. The Morgan fingerprint density at radius 1 is 1.30 bits per heavy atom. The van der Waals surface area contributed by atoms with Gasteiger partial charge in [-0.1, -0.05) is 6.07 Å². The van der Waals surface area contributed by atoms with Gasteiger partial charge in [0.2, 0.25) is 17.7 Å². The molecule has 2 N–H and O–H groups in total. The molecule has 33 heavy (non-hydrogen) atoms. The van der Waals surface area contributed by atoms with Crippen LogP contribution in [0.25, 0.3) is 10.4 Å². The topological polar surface area (TPSA) is 92.3 Å². The van der Waals surface area contributed by atoms with Crippen LogP contribution < -0.4 is 15.4 Å². The number of hydrogen-bond donors (Lipinski definition) is 2. The second kappa shape index (κ2) is 8.07. The summed E-state index contributed by atoms with van der Waals surface area (Å²) in [5, 5.41) is 7.68. The maximum atomic E-state index is 12.0. The minimum Gasteiger partial charge on any atom is -0.473 e. The van der Waals surface area contributed by atoms with Gasteiger partial charge in [0.25, 0.3) is 0 Å². The lowest BCUT2D eigenvalue weighted by molar-refractivity contribution is -0.153. The number of anilines is 2. The number of carbonyl (C=O) groups is 1. The van der Waals surface area contributed by atoms with Crippen molar-refractivity contribution in [1.82, 2.24) is 25.2 Å². The fraction of sp³-hybridized carbons (Fsp3) is 0.417. The van der Waals surface area contributed by atoms with Crippen LogP contribution in [0.1, 0.15) is 36.3 Å². The predicted molar refractivity (Wildman–Crippen MR) is 127 cm³/mol. The average Bonchev–Trinajstić information content (AvgIpc) is 3.53. The molecule has 9 heteroatoms. The van der Waals surface area contributed by atoms with Crippen molar-refractivity contribution in [2.45, 2.75) is 44.2 Å². The summed E-state index contributed by atoms with van der Waals surface area (Å²) in [5.74, 6) is 1.34. The predicted octanol–water partition coefficient (Wildman–Crippen LogP) is 3.61. The Balaban J connectivity index is 1.22. The Bertz CT molecular complexity index is 1210. The molecule has 0 aliphatic carbocycles. The van der Waals surface area contributed by atoms with Crippen molar-refractivity contribution < 1.29 is 9.53 Å². The van der Waals surface area contributed by atoms with Crippen molar-refractivity contribution in [1.29, 1.82) is 0 Å². The number of rotatable bonds is 6. The summed E-state index contributed by atoms with van der Waals surface area (Å²) in [6.45, 7) is 4.75. The van der Waals surface area contributed by atoms with Gasteiger partial charge in [0, 0.05) is 37.2 Å². The first-order valence-corrected chi connectivity index (χ1v) is 12.3. The van der Waals surface area contributed by atoms with Crippen LogP contribution in [-0.2, 0) is 10.3 Å². The molecule has 0 saturated carbocycles. The maximum absolute atomic E-state index is 12.0. The third-order valence-electron chi connectivity index (χ3n) is 6.69. The van der Waals surface area contributed by atoms with Crippen LogP contribution in [0.3, 0.4) is 0 Å². The third kappa shape index (κ3) is 3.75. The molecule has 0 spiro atoms. The second-order valence-corrected chi connectivity index (χ2v) is 10.1. The molecule has 1 unspecified atom stereocenters. The summed E-state index contributed by atoms with van der Waals surface area (Å²) in [6.07, 6.45) is 7.45. The zero-order chi connectivity index (χ0) is 22.4. The summed E-state index contributed by atoms with van der Waals surface area (Å²) in [5.41, 5.74) is 2.99. The first kappa shape index (κ1) is 20.6. The maximum Gasteiger partial charge on any atom is 0.230 e. The molecular weight excluding hydrogens is 436 g/mol. The van der Waals surface area contributed by atoms with Gasteiger partial charge in [-0.2, -0.15) is 4.98 Å². The van der Waals surface area contributed by atoms with Gasteiger partial charge in [-0.05, 0) is 56.0 Å². The Kier molecular flexibility index (Phi) is 5.03. The Hall–Kier alpha value is -3.04. The second-order valence-electron chi connectivity index (χ2n) is 9.05. The number of thiazole rings is 1. The van der Waals surface area contributed by atoms with E-state index in [1.54, 1.807) is 23.6 Å². The van der Waals surface area contributed by atoms with E-state index in [4.69, 9.17) is 9.72 Å². The number of benzene rings is 1. The van der Waals surface area contributed by atoms with E-state index in [2.05, 4.69) is 45.7 Å². The minimum atomic E-state index is -0.159. The number of nitrogens with one attached hydrogen (secondary N) is 2. The first-order valence-electron chi connectivity index (χ1n) is 11.5. The molecule has 0 bridgehead atoms. The van der Waals surface area contributed by atoms with Gasteiger partial charge < -0.3 is 20.3 Å². The van der Waals surface area contributed by atoms with Gasteiger partial charge >= 0.3 is 0 Å². The number of β-lactam (4-membered cyclic amide) rings is 1. The highest BCUT2D eigenvalue weighted by atomic mass is 32.1. The van der Waals surface area contributed by atoms with Crippen molar-refractivity contribution in [2.24, 2.45) is 0 Å². The van der Waals surface area contributed by atoms with E-state index in [9.17, 15) is 4.79 Å². The van der Waals surface area contributed by atoms with E-state index in [-0.39, 0.29) is 17.6 Å². The molecule has 5 heterocycles. The zero-order valence-electron chi connectivity index (χ0n) is 18.5. The average molecular weight is 463 g/mol.